The zero-order valence-electron chi connectivity index (χ0n) is 12.3. The molecule has 1 aromatic carbocycles. The quantitative estimate of drug-likeness (QED) is 0.858. The first-order chi connectivity index (χ1) is 10.5. The van der Waals surface area contributed by atoms with Crippen LogP contribution >= 0.6 is 11.3 Å². The molecule has 0 saturated heterocycles. The summed E-state index contributed by atoms with van der Waals surface area (Å²) in [4.78, 5) is 23.3. The maximum Gasteiger partial charge on any atom is 0.345 e. The Hall–Kier alpha value is -2.34. The standard InChI is InChI=1S/C16H17NO4S/c1-10-5-3-4-6-12(10)21-11(2)9-17-15(18)13-7-8-14(22-13)16(19)20/h3-8,11H,9H2,1-2H3,(H,17,18)(H,19,20). The van der Waals surface area contributed by atoms with Crippen LogP contribution in [0.5, 0.6) is 5.75 Å². The maximum atomic E-state index is 12.0. The van der Waals surface area contributed by atoms with E-state index in [1.807, 2.05) is 38.1 Å². The third-order valence-corrected chi connectivity index (χ3v) is 4.08. The van der Waals surface area contributed by atoms with Gasteiger partial charge in [0, 0.05) is 0 Å². The number of hydrogen-bond donors (Lipinski definition) is 2. The molecular weight excluding hydrogens is 302 g/mol. The Bertz CT molecular complexity index is 680. The number of ether oxygens (including phenoxy) is 1. The normalized spacial score (nSPS) is 11.7. The molecule has 1 aromatic heterocycles. The van der Waals surface area contributed by atoms with Gasteiger partial charge in [-0.15, -0.1) is 11.3 Å². The fraction of sp³-hybridized carbons (Fsp3) is 0.250. The first kappa shape index (κ1) is 16.0. The lowest BCUT2D eigenvalue weighted by molar-refractivity contribution is 0.0702. The monoisotopic (exact) mass is 319 g/mol. The van der Waals surface area contributed by atoms with Crippen LogP contribution in [-0.2, 0) is 0 Å². The number of carboxylic acid groups (broad SMARTS) is 1. The lowest BCUT2D eigenvalue weighted by atomic mass is 10.2. The van der Waals surface area contributed by atoms with E-state index < -0.39 is 5.97 Å². The molecular formula is C16H17NO4S. The van der Waals surface area contributed by atoms with Gasteiger partial charge in [-0.3, -0.25) is 4.79 Å². The van der Waals surface area contributed by atoms with Crippen LogP contribution < -0.4 is 10.1 Å². The van der Waals surface area contributed by atoms with Crippen molar-refractivity contribution >= 4 is 23.2 Å². The predicted octanol–water partition coefficient (Wildman–Crippen LogP) is 2.95. The average Bonchev–Trinajstić information content (AvgIpc) is 2.97. The Morgan fingerprint density at radius 2 is 1.91 bits per heavy atom. The molecule has 0 fully saturated rings. The van der Waals surface area contributed by atoms with Gasteiger partial charge in [-0.05, 0) is 37.6 Å². The van der Waals surface area contributed by atoms with E-state index in [-0.39, 0.29) is 16.9 Å². The number of thiophene rings is 1. The Kier molecular flexibility index (Phi) is 5.16. The van der Waals surface area contributed by atoms with E-state index in [0.29, 0.717) is 11.4 Å². The molecule has 6 heteroatoms. The molecule has 1 heterocycles. The maximum absolute atomic E-state index is 12.0. The van der Waals surface area contributed by atoms with E-state index in [2.05, 4.69) is 5.32 Å². The molecule has 2 N–H and O–H groups in total. The number of benzene rings is 1. The van der Waals surface area contributed by atoms with E-state index in [1.165, 1.54) is 12.1 Å². The lowest BCUT2D eigenvalue weighted by Crippen LogP contribution is -2.33. The SMILES string of the molecule is Cc1ccccc1OC(C)CNC(=O)c1ccc(C(=O)O)s1. The third kappa shape index (κ3) is 4.08. The summed E-state index contributed by atoms with van der Waals surface area (Å²) >= 11 is 0.955. The van der Waals surface area contributed by atoms with Crippen molar-refractivity contribution in [3.8, 4) is 5.75 Å². The summed E-state index contributed by atoms with van der Waals surface area (Å²) in [7, 11) is 0. The number of rotatable bonds is 6. The molecule has 1 unspecified atom stereocenters. The number of carboxylic acids is 1. The largest absolute Gasteiger partial charge is 0.489 e. The highest BCUT2D eigenvalue weighted by Gasteiger charge is 2.14. The van der Waals surface area contributed by atoms with Gasteiger partial charge in [-0.2, -0.15) is 0 Å². The summed E-state index contributed by atoms with van der Waals surface area (Å²) in [5.74, 6) is -0.536. The summed E-state index contributed by atoms with van der Waals surface area (Å²) in [5.41, 5.74) is 1.03. The zero-order chi connectivity index (χ0) is 16.1. The van der Waals surface area contributed by atoms with Gasteiger partial charge < -0.3 is 15.2 Å². The summed E-state index contributed by atoms with van der Waals surface area (Å²) in [5, 5.41) is 11.6. The molecule has 1 amide bonds. The number of nitrogens with one attached hydrogen (secondary N) is 1. The van der Waals surface area contributed by atoms with Gasteiger partial charge in [-0.1, -0.05) is 18.2 Å². The smallest absolute Gasteiger partial charge is 0.345 e. The molecule has 0 bridgehead atoms. The second kappa shape index (κ2) is 7.09. The molecule has 0 aliphatic carbocycles. The first-order valence-electron chi connectivity index (χ1n) is 6.81. The molecule has 0 radical (unpaired) electrons. The topological polar surface area (TPSA) is 75.6 Å². The van der Waals surface area contributed by atoms with Gasteiger partial charge in [0.1, 0.15) is 16.7 Å². The molecule has 116 valence electrons. The van der Waals surface area contributed by atoms with Crippen molar-refractivity contribution in [3.05, 3.63) is 51.7 Å². The third-order valence-electron chi connectivity index (χ3n) is 3.01. The Labute approximate surface area is 132 Å². The second-order valence-corrected chi connectivity index (χ2v) is 5.96. The fourth-order valence-electron chi connectivity index (χ4n) is 1.85. The van der Waals surface area contributed by atoms with Gasteiger partial charge in [0.25, 0.3) is 5.91 Å². The number of hydrogen-bond acceptors (Lipinski definition) is 4. The van der Waals surface area contributed by atoms with Crippen LogP contribution in [0.25, 0.3) is 0 Å². The summed E-state index contributed by atoms with van der Waals surface area (Å²) in [6.45, 7) is 4.16. The number of aromatic carboxylic acids is 1. The highest BCUT2D eigenvalue weighted by atomic mass is 32.1. The zero-order valence-corrected chi connectivity index (χ0v) is 13.1. The molecule has 0 saturated carbocycles. The molecule has 0 aliphatic rings. The van der Waals surface area contributed by atoms with E-state index >= 15 is 0 Å². The summed E-state index contributed by atoms with van der Waals surface area (Å²) < 4.78 is 5.77. The van der Waals surface area contributed by atoms with Crippen LogP contribution in [0.2, 0.25) is 0 Å². The van der Waals surface area contributed by atoms with Gasteiger partial charge in [-0.25, -0.2) is 4.79 Å². The highest BCUT2D eigenvalue weighted by molar-refractivity contribution is 7.15. The minimum Gasteiger partial charge on any atom is -0.489 e. The molecule has 1 atom stereocenters. The van der Waals surface area contributed by atoms with E-state index in [9.17, 15) is 9.59 Å². The fourth-order valence-corrected chi connectivity index (χ4v) is 2.61. The molecule has 0 spiro atoms. The van der Waals surface area contributed by atoms with Crippen molar-refractivity contribution in [1.82, 2.24) is 5.32 Å². The number of carbonyl (C=O) groups is 2. The van der Waals surface area contributed by atoms with Crippen LogP contribution in [0.1, 0.15) is 31.8 Å². The van der Waals surface area contributed by atoms with Gasteiger partial charge in [0.15, 0.2) is 0 Å². The Balaban J connectivity index is 1.87. The summed E-state index contributed by atoms with van der Waals surface area (Å²) in [6, 6.07) is 10.6. The van der Waals surface area contributed by atoms with Gasteiger partial charge in [0.05, 0.1) is 11.4 Å². The Morgan fingerprint density at radius 1 is 1.23 bits per heavy atom. The van der Waals surface area contributed by atoms with Gasteiger partial charge >= 0.3 is 5.97 Å². The molecule has 22 heavy (non-hydrogen) atoms. The number of amides is 1. The van der Waals surface area contributed by atoms with E-state index in [0.717, 1.165) is 22.6 Å². The summed E-state index contributed by atoms with van der Waals surface area (Å²) in [6.07, 6.45) is -0.191. The van der Waals surface area contributed by atoms with Gasteiger partial charge in [0.2, 0.25) is 0 Å². The Morgan fingerprint density at radius 3 is 2.55 bits per heavy atom. The van der Waals surface area contributed by atoms with Crippen LogP contribution in [-0.4, -0.2) is 29.6 Å². The van der Waals surface area contributed by atoms with Crippen molar-refractivity contribution in [2.45, 2.75) is 20.0 Å². The van der Waals surface area contributed by atoms with Crippen LogP contribution in [0, 0.1) is 6.92 Å². The van der Waals surface area contributed by atoms with Crippen LogP contribution in [0.3, 0.4) is 0 Å². The minimum atomic E-state index is -1.03. The van der Waals surface area contributed by atoms with Crippen LogP contribution in [0.4, 0.5) is 0 Å². The molecule has 2 aromatic rings. The molecule has 0 aliphatic heterocycles. The highest BCUT2D eigenvalue weighted by Crippen LogP contribution is 2.18. The lowest BCUT2D eigenvalue weighted by Gasteiger charge is -2.16. The van der Waals surface area contributed by atoms with Crippen molar-refractivity contribution in [3.63, 3.8) is 0 Å². The van der Waals surface area contributed by atoms with Crippen molar-refractivity contribution < 1.29 is 19.4 Å². The molecule has 2 rings (SSSR count). The number of carbonyl (C=O) groups excluding carboxylic acids is 1. The minimum absolute atomic E-state index is 0.148. The second-order valence-electron chi connectivity index (χ2n) is 4.87. The first-order valence-corrected chi connectivity index (χ1v) is 7.62. The van der Waals surface area contributed by atoms with Crippen molar-refractivity contribution in [2.75, 3.05) is 6.54 Å². The van der Waals surface area contributed by atoms with Crippen molar-refractivity contribution in [1.29, 1.82) is 0 Å². The van der Waals surface area contributed by atoms with Crippen LogP contribution in [0.15, 0.2) is 36.4 Å². The van der Waals surface area contributed by atoms with E-state index in [1.54, 1.807) is 0 Å². The predicted molar refractivity (Wildman–Crippen MR) is 84.9 cm³/mol. The molecule has 5 nitrogen and oxygen atoms in total. The number of aryl methyl sites for hydroxylation is 1. The number of para-hydroxylation sites is 1. The average molecular weight is 319 g/mol. The van der Waals surface area contributed by atoms with E-state index in [4.69, 9.17) is 9.84 Å². The van der Waals surface area contributed by atoms with Crippen molar-refractivity contribution in [2.24, 2.45) is 0 Å².